The van der Waals surface area contributed by atoms with Gasteiger partial charge in [0.2, 0.25) is 0 Å². The number of H-pyrrole nitrogens is 1. The van der Waals surface area contributed by atoms with Crippen LogP contribution in [0.5, 0.6) is 0 Å². The van der Waals surface area contributed by atoms with Gasteiger partial charge >= 0.3 is 0 Å². The van der Waals surface area contributed by atoms with Crippen LogP contribution >= 0.6 is 0 Å². The molecule has 0 unspecified atom stereocenters. The first-order chi connectivity index (χ1) is 11.5. The second kappa shape index (κ2) is 6.41. The van der Waals surface area contributed by atoms with Crippen LogP contribution in [0.15, 0.2) is 47.1 Å². The van der Waals surface area contributed by atoms with Crippen LogP contribution in [-0.4, -0.2) is 22.0 Å². The highest BCUT2D eigenvalue weighted by Crippen LogP contribution is 2.19. The Kier molecular flexibility index (Phi) is 4.15. The van der Waals surface area contributed by atoms with Crippen molar-refractivity contribution in [3.63, 3.8) is 0 Å². The van der Waals surface area contributed by atoms with E-state index in [4.69, 9.17) is 4.42 Å². The summed E-state index contributed by atoms with van der Waals surface area (Å²) in [4.78, 5) is 24.4. The van der Waals surface area contributed by atoms with E-state index in [0.29, 0.717) is 17.1 Å². The smallest absolute Gasteiger partial charge is 0.291 e. The predicted octanol–water partition coefficient (Wildman–Crippen LogP) is 3.12. The lowest BCUT2D eigenvalue weighted by atomic mass is 10.1. The number of aromatic amines is 1. The van der Waals surface area contributed by atoms with Crippen molar-refractivity contribution in [1.29, 1.82) is 0 Å². The number of nitrogens with one attached hydrogen (secondary N) is 3. The lowest BCUT2D eigenvalue weighted by Crippen LogP contribution is -2.15. The van der Waals surface area contributed by atoms with Gasteiger partial charge in [-0.3, -0.25) is 14.7 Å². The van der Waals surface area contributed by atoms with Gasteiger partial charge in [0.15, 0.2) is 11.6 Å². The number of benzene rings is 1. The van der Waals surface area contributed by atoms with Crippen molar-refractivity contribution in [2.75, 3.05) is 10.6 Å². The van der Waals surface area contributed by atoms with E-state index < -0.39 is 0 Å². The Morgan fingerprint density at radius 1 is 1.08 bits per heavy atom. The third-order valence-electron chi connectivity index (χ3n) is 3.44. The standard InChI is InChI=1S/C17H16N4O3/c1-10-5-6-12(16(22)19-15-8-11(2)20-21-15)9-13(10)18-17(23)14-4-3-7-24-14/h3-9H,1-2H3,(H,18,23)(H2,19,20,21,22). The van der Waals surface area contributed by atoms with Crippen molar-refractivity contribution >= 4 is 23.3 Å². The average Bonchev–Trinajstić information content (AvgIpc) is 3.21. The number of furan rings is 1. The summed E-state index contributed by atoms with van der Waals surface area (Å²) in [7, 11) is 0. The minimum atomic E-state index is -0.372. The van der Waals surface area contributed by atoms with E-state index in [0.717, 1.165) is 11.3 Å². The van der Waals surface area contributed by atoms with Crippen molar-refractivity contribution in [2.24, 2.45) is 0 Å². The monoisotopic (exact) mass is 324 g/mol. The number of rotatable bonds is 4. The Morgan fingerprint density at radius 3 is 2.58 bits per heavy atom. The molecular formula is C17H16N4O3. The minimum absolute atomic E-state index is 0.205. The SMILES string of the molecule is Cc1cc(NC(=O)c2ccc(C)c(NC(=O)c3ccco3)c2)n[nH]1. The molecule has 3 rings (SSSR count). The lowest BCUT2D eigenvalue weighted by Gasteiger charge is -2.09. The number of amides is 2. The molecule has 0 saturated carbocycles. The fourth-order valence-corrected chi connectivity index (χ4v) is 2.16. The second-order valence-corrected chi connectivity index (χ2v) is 5.35. The third-order valence-corrected chi connectivity index (χ3v) is 3.44. The number of hydrogen-bond acceptors (Lipinski definition) is 4. The number of aryl methyl sites for hydroxylation is 2. The average molecular weight is 324 g/mol. The fraction of sp³-hybridized carbons (Fsp3) is 0.118. The zero-order chi connectivity index (χ0) is 17.1. The first kappa shape index (κ1) is 15.5. The molecule has 0 atom stereocenters. The van der Waals surface area contributed by atoms with E-state index in [1.165, 1.54) is 6.26 Å². The molecule has 1 aromatic carbocycles. The maximum Gasteiger partial charge on any atom is 0.291 e. The highest BCUT2D eigenvalue weighted by Gasteiger charge is 2.13. The second-order valence-electron chi connectivity index (χ2n) is 5.35. The molecule has 2 heterocycles. The normalized spacial score (nSPS) is 10.4. The first-order valence-electron chi connectivity index (χ1n) is 7.32. The van der Waals surface area contributed by atoms with E-state index in [1.54, 1.807) is 36.4 Å². The molecule has 2 amide bonds. The highest BCUT2D eigenvalue weighted by atomic mass is 16.3. The summed E-state index contributed by atoms with van der Waals surface area (Å²) in [6, 6.07) is 10.0. The van der Waals surface area contributed by atoms with Crippen molar-refractivity contribution in [2.45, 2.75) is 13.8 Å². The van der Waals surface area contributed by atoms with Crippen molar-refractivity contribution < 1.29 is 14.0 Å². The molecule has 0 fully saturated rings. The molecule has 0 saturated heterocycles. The lowest BCUT2D eigenvalue weighted by molar-refractivity contribution is 0.0993. The van der Waals surface area contributed by atoms with E-state index in [1.807, 2.05) is 13.8 Å². The molecule has 3 N–H and O–H groups in total. The van der Waals surface area contributed by atoms with Gasteiger partial charge in [-0.15, -0.1) is 0 Å². The molecule has 0 bridgehead atoms. The number of carbonyl (C=O) groups excluding carboxylic acids is 2. The molecule has 0 aliphatic rings. The van der Waals surface area contributed by atoms with E-state index in [-0.39, 0.29) is 17.6 Å². The van der Waals surface area contributed by atoms with E-state index in [2.05, 4.69) is 20.8 Å². The molecule has 0 aliphatic carbocycles. The topological polar surface area (TPSA) is 100 Å². The Labute approximate surface area is 138 Å². The highest BCUT2D eigenvalue weighted by molar-refractivity contribution is 6.06. The molecule has 3 aromatic rings. The van der Waals surface area contributed by atoms with Crippen LogP contribution in [0.4, 0.5) is 11.5 Å². The number of nitrogens with zero attached hydrogens (tertiary/aromatic N) is 1. The van der Waals surface area contributed by atoms with Gasteiger partial charge in [-0.1, -0.05) is 6.07 Å². The largest absolute Gasteiger partial charge is 0.459 e. The maximum atomic E-state index is 12.3. The zero-order valence-corrected chi connectivity index (χ0v) is 13.2. The van der Waals surface area contributed by atoms with Crippen LogP contribution in [-0.2, 0) is 0 Å². The van der Waals surface area contributed by atoms with Gasteiger partial charge in [0, 0.05) is 23.0 Å². The van der Waals surface area contributed by atoms with Gasteiger partial charge in [0.25, 0.3) is 11.8 Å². The summed E-state index contributed by atoms with van der Waals surface area (Å²) in [6.07, 6.45) is 1.43. The Hall–Kier alpha value is -3.35. The number of aromatic nitrogens is 2. The van der Waals surface area contributed by atoms with Crippen molar-refractivity contribution in [3.8, 4) is 0 Å². The minimum Gasteiger partial charge on any atom is -0.459 e. The summed E-state index contributed by atoms with van der Waals surface area (Å²) < 4.78 is 5.06. The van der Waals surface area contributed by atoms with Crippen LogP contribution < -0.4 is 10.6 Å². The maximum absolute atomic E-state index is 12.3. The molecule has 7 heteroatoms. The molecule has 0 aliphatic heterocycles. The Morgan fingerprint density at radius 2 is 1.92 bits per heavy atom. The van der Waals surface area contributed by atoms with Crippen LogP contribution in [0.3, 0.4) is 0 Å². The third kappa shape index (κ3) is 3.35. The molecule has 122 valence electrons. The quantitative estimate of drug-likeness (QED) is 0.686. The molecule has 7 nitrogen and oxygen atoms in total. The molecule has 2 aromatic heterocycles. The molecule has 0 spiro atoms. The van der Waals surface area contributed by atoms with Gasteiger partial charge in [0.05, 0.1) is 6.26 Å². The summed E-state index contributed by atoms with van der Waals surface area (Å²) in [6.45, 7) is 3.69. The summed E-state index contributed by atoms with van der Waals surface area (Å²) in [5.74, 6) is -0.0333. The van der Waals surface area contributed by atoms with Gasteiger partial charge in [-0.25, -0.2) is 0 Å². The number of carbonyl (C=O) groups is 2. The molecular weight excluding hydrogens is 308 g/mol. The van der Waals surface area contributed by atoms with E-state index in [9.17, 15) is 9.59 Å². The van der Waals surface area contributed by atoms with Gasteiger partial charge in [0.1, 0.15) is 0 Å². The summed E-state index contributed by atoms with van der Waals surface area (Å²) in [5, 5.41) is 12.2. The number of hydrogen-bond donors (Lipinski definition) is 3. The first-order valence-corrected chi connectivity index (χ1v) is 7.32. The van der Waals surface area contributed by atoms with Gasteiger partial charge in [-0.2, -0.15) is 5.10 Å². The van der Waals surface area contributed by atoms with Crippen molar-refractivity contribution in [3.05, 3.63) is 65.2 Å². The number of anilines is 2. The fourth-order valence-electron chi connectivity index (χ4n) is 2.16. The molecule has 24 heavy (non-hydrogen) atoms. The van der Waals surface area contributed by atoms with Gasteiger partial charge in [-0.05, 0) is 43.7 Å². The van der Waals surface area contributed by atoms with Crippen molar-refractivity contribution in [1.82, 2.24) is 10.2 Å². The molecule has 0 radical (unpaired) electrons. The Balaban J connectivity index is 1.78. The summed E-state index contributed by atoms with van der Waals surface area (Å²) >= 11 is 0. The predicted molar refractivity (Wildman–Crippen MR) is 89.1 cm³/mol. The van der Waals surface area contributed by atoms with Crippen LogP contribution in [0, 0.1) is 13.8 Å². The van der Waals surface area contributed by atoms with Crippen LogP contribution in [0.1, 0.15) is 32.2 Å². The Bertz CT molecular complexity index is 881. The van der Waals surface area contributed by atoms with Crippen LogP contribution in [0.2, 0.25) is 0 Å². The zero-order valence-electron chi connectivity index (χ0n) is 13.2. The van der Waals surface area contributed by atoms with E-state index >= 15 is 0 Å². The summed E-state index contributed by atoms with van der Waals surface area (Å²) in [5.41, 5.74) is 2.64. The van der Waals surface area contributed by atoms with Crippen LogP contribution in [0.25, 0.3) is 0 Å². The van der Waals surface area contributed by atoms with Gasteiger partial charge < -0.3 is 15.1 Å².